The van der Waals surface area contributed by atoms with E-state index in [1.807, 2.05) is 31.2 Å². The standard InChI is InChI=1S/C27H35N3O5/c1-17-7-5-8-19(11-17)28-25(31)16-30-21-9-6-10-22(30)15-20(14-21)29-27(32)18-12-23(33-2)26(35-4)24(13-18)34-3/h5,7-8,11-13,20-22H,6,9-10,14-16H2,1-4H3,(H,28,31)(H,29,32). The monoisotopic (exact) mass is 481 g/mol. The number of ether oxygens (including phenoxy) is 3. The maximum Gasteiger partial charge on any atom is 0.251 e. The van der Waals surface area contributed by atoms with Crippen LogP contribution in [0.2, 0.25) is 0 Å². The van der Waals surface area contributed by atoms with E-state index in [4.69, 9.17) is 14.2 Å². The molecule has 35 heavy (non-hydrogen) atoms. The molecule has 188 valence electrons. The third-order valence-corrected chi connectivity index (χ3v) is 7.02. The van der Waals surface area contributed by atoms with Crippen LogP contribution in [0.25, 0.3) is 0 Å². The summed E-state index contributed by atoms with van der Waals surface area (Å²) in [5.41, 5.74) is 2.40. The highest BCUT2D eigenvalue weighted by atomic mass is 16.5. The molecule has 2 aliphatic rings. The van der Waals surface area contributed by atoms with Gasteiger partial charge in [-0.25, -0.2) is 0 Å². The van der Waals surface area contributed by atoms with Crippen LogP contribution in [0.1, 0.15) is 48.0 Å². The Labute approximate surface area is 206 Å². The molecular weight excluding hydrogens is 446 g/mol. The highest BCUT2D eigenvalue weighted by Crippen LogP contribution is 2.38. The average molecular weight is 482 g/mol. The molecule has 2 unspecified atom stereocenters. The lowest BCUT2D eigenvalue weighted by atomic mass is 9.81. The van der Waals surface area contributed by atoms with Crippen molar-refractivity contribution in [3.63, 3.8) is 0 Å². The van der Waals surface area contributed by atoms with E-state index in [2.05, 4.69) is 15.5 Å². The van der Waals surface area contributed by atoms with Crippen molar-refractivity contribution in [3.05, 3.63) is 47.5 Å². The molecule has 2 N–H and O–H groups in total. The normalized spacial score (nSPS) is 21.7. The number of hydrogen-bond acceptors (Lipinski definition) is 6. The van der Waals surface area contributed by atoms with Gasteiger partial charge in [0.1, 0.15) is 0 Å². The summed E-state index contributed by atoms with van der Waals surface area (Å²) in [6.07, 6.45) is 4.86. The number of benzene rings is 2. The lowest BCUT2D eigenvalue weighted by Gasteiger charge is -2.48. The first-order chi connectivity index (χ1) is 16.9. The van der Waals surface area contributed by atoms with Crippen LogP contribution in [-0.2, 0) is 4.79 Å². The van der Waals surface area contributed by atoms with Gasteiger partial charge in [0, 0.05) is 29.4 Å². The smallest absolute Gasteiger partial charge is 0.251 e. The second kappa shape index (κ2) is 11.0. The van der Waals surface area contributed by atoms with Crippen LogP contribution in [0, 0.1) is 6.92 Å². The second-order valence-corrected chi connectivity index (χ2v) is 9.38. The highest BCUT2D eigenvalue weighted by molar-refractivity contribution is 5.96. The number of nitrogens with one attached hydrogen (secondary N) is 2. The van der Waals surface area contributed by atoms with Crippen LogP contribution < -0.4 is 24.8 Å². The maximum atomic E-state index is 13.1. The van der Waals surface area contributed by atoms with Crippen molar-refractivity contribution in [3.8, 4) is 17.2 Å². The van der Waals surface area contributed by atoms with Gasteiger partial charge in [-0.2, -0.15) is 0 Å². The molecule has 0 spiro atoms. The van der Waals surface area contributed by atoms with E-state index in [0.717, 1.165) is 43.4 Å². The van der Waals surface area contributed by atoms with E-state index < -0.39 is 0 Å². The van der Waals surface area contributed by atoms with Crippen LogP contribution in [-0.4, -0.2) is 62.7 Å². The third kappa shape index (κ3) is 5.70. The molecule has 2 aromatic carbocycles. The lowest BCUT2D eigenvalue weighted by Crippen LogP contribution is -2.58. The predicted molar refractivity (Wildman–Crippen MR) is 135 cm³/mol. The SMILES string of the molecule is COc1cc(C(=O)NC2CC3CCCC(C2)N3CC(=O)Nc2cccc(C)c2)cc(OC)c1OC. The van der Waals surface area contributed by atoms with Gasteiger partial charge in [-0.1, -0.05) is 18.6 Å². The largest absolute Gasteiger partial charge is 0.493 e. The first kappa shape index (κ1) is 24.9. The van der Waals surface area contributed by atoms with Crippen molar-refractivity contribution in [2.24, 2.45) is 0 Å². The molecule has 0 saturated carbocycles. The van der Waals surface area contributed by atoms with Crippen molar-refractivity contribution in [1.82, 2.24) is 10.2 Å². The van der Waals surface area contributed by atoms with E-state index in [1.54, 1.807) is 12.1 Å². The molecule has 0 radical (unpaired) electrons. The summed E-state index contributed by atoms with van der Waals surface area (Å²) >= 11 is 0. The predicted octanol–water partition coefficient (Wildman–Crippen LogP) is 3.77. The third-order valence-electron chi connectivity index (χ3n) is 7.02. The van der Waals surface area contributed by atoms with E-state index in [1.165, 1.54) is 21.3 Å². The Balaban J connectivity index is 1.40. The van der Waals surface area contributed by atoms with E-state index in [0.29, 0.717) is 29.4 Å². The average Bonchev–Trinajstić information content (AvgIpc) is 2.83. The number of piperidine rings is 2. The van der Waals surface area contributed by atoms with Gasteiger partial charge in [0.2, 0.25) is 11.7 Å². The molecule has 2 saturated heterocycles. The number of carbonyl (C=O) groups excluding carboxylic acids is 2. The van der Waals surface area contributed by atoms with Gasteiger partial charge >= 0.3 is 0 Å². The van der Waals surface area contributed by atoms with Gasteiger partial charge in [0.15, 0.2) is 11.5 Å². The Morgan fingerprint density at radius 2 is 1.63 bits per heavy atom. The molecule has 2 atom stereocenters. The Morgan fingerprint density at radius 1 is 0.971 bits per heavy atom. The number of carbonyl (C=O) groups is 2. The number of amides is 2. The molecule has 2 amide bonds. The summed E-state index contributed by atoms with van der Waals surface area (Å²) in [5.74, 6) is 1.19. The van der Waals surface area contributed by atoms with Gasteiger partial charge in [-0.15, -0.1) is 0 Å². The molecule has 2 aromatic rings. The van der Waals surface area contributed by atoms with Crippen LogP contribution in [0.3, 0.4) is 0 Å². The highest BCUT2D eigenvalue weighted by Gasteiger charge is 2.39. The quantitative estimate of drug-likeness (QED) is 0.597. The summed E-state index contributed by atoms with van der Waals surface area (Å²) in [4.78, 5) is 28.2. The molecule has 2 fully saturated rings. The minimum absolute atomic E-state index is 0.00686. The zero-order valence-corrected chi connectivity index (χ0v) is 20.9. The molecule has 8 nitrogen and oxygen atoms in total. The van der Waals surface area contributed by atoms with Crippen molar-refractivity contribution >= 4 is 17.5 Å². The number of aryl methyl sites for hydroxylation is 1. The van der Waals surface area contributed by atoms with E-state index in [-0.39, 0.29) is 29.9 Å². The molecule has 2 bridgehead atoms. The second-order valence-electron chi connectivity index (χ2n) is 9.38. The Hall–Kier alpha value is -3.26. The Kier molecular flexibility index (Phi) is 7.80. The van der Waals surface area contributed by atoms with Crippen LogP contribution in [0.4, 0.5) is 5.69 Å². The van der Waals surface area contributed by atoms with Crippen molar-refractivity contribution in [2.45, 2.75) is 57.2 Å². The first-order valence-corrected chi connectivity index (χ1v) is 12.1. The minimum Gasteiger partial charge on any atom is -0.493 e. The van der Waals surface area contributed by atoms with E-state index in [9.17, 15) is 9.59 Å². The summed E-state index contributed by atoms with van der Waals surface area (Å²) in [5, 5.41) is 6.24. The van der Waals surface area contributed by atoms with Crippen molar-refractivity contribution in [1.29, 1.82) is 0 Å². The Morgan fingerprint density at radius 3 is 2.20 bits per heavy atom. The van der Waals surface area contributed by atoms with Gasteiger partial charge in [0.05, 0.1) is 27.9 Å². The van der Waals surface area contributed by atoms with Crippen molar-refractivity contribution < 1.29 is 23.8 Å². The van der Waals surface area contributed by atoms with Crippen LogP contribution >= 0.6 is 0 Å². The molecule has 4 rings (SSSR count). The van der Waals surface area contributed by atoms with Gasteiger partial charge < -0.3 is 24.8 Å². The molecule has 8 heteroatoms. The number of rotatable bonds is 8. The van der Waals surface area contributed by atoms with Crippen LogP contribution in [0.15, 0.2) is 36.4 Å². The molecule has 0 aromatic heterocycles. The number of nitrogens with zero attached hydrogens (tertiary/aromatic N) is 1. The van der Waals surface area contributed by atoms with Crippen molar-refractivity contribution in [2.75, 3.05) is 33.2 Å². The molecule has 2 aliphatic heterocycles. The zero-order chi connectivity index (χ0) is 24.9. The summed E-state index contributed by atoms with van der Waals surface area (Å²) < 4.78 is 16.1. The number of fused-ring (bicyclic) bond motifs is 2. The maximum absolute atomic E-state index is 13.1. The number of methoxy groups -OCH3 is 3. The molecule has 2 heterocycles. The van der Waals surface area contributed by atoms with E-state index >= 15 is 0 Å². The Bertz CT molecular complexity index is 1030. The summed E-state index contributed by atoms with van der Waals surface area (Å²) in [6, 6.07) is 11.8. The van der Waals surface area contributed by atoms with Crippen LogP contribution in [0.5, 0.6) is 17.2 Å². The fourth-order valence-electron chi connectivity index (χ4n) is 5.42. The van der Waals surface area contributed by atoms with Gasteiger partial charge in [0.25, 0.3) is 5.91 Å². The van der Waals surface area contributed by atoms with Gasteiger partial charge in [-0.05, 0) is 62.4 Å². The summed E-state index contributed by atoms with van der Waals surface area (Å²) in [6.45, 7) is 2.38. The zero-order valence-electron chi connectivity index (χ0n) is 20.9. The summed E-state index contributed by atoms with van der Waals surface area (Å²) in [7, 11) is 4.60. The van der Waals surface area contributed by atoms with Gasteiger partial charge in [-0.3, -0.25) is 14.5 Å². The first-order valence-electron chi connectivity index (χ1n) is 12.1. The molecular formula is C27H35N3O5. The topological polar surface area (TPSA) is 89.1 Å². The number of hydrogen-bond donors (Lipinski definition) is 2. The molecule has 0 aliphatic carbocycles. The minimum atomic E-state index is -0.169. The number of anilines is 1. The fourth-order valence-corrected chi connectivity index (χ4v) is 5.42. The fraction of sp³-hybridized carbons (Fsp3) is 0.481. The lowest BCUT2D eigenvalue weighted by molar-refractivity contribution is -0.120.